The van der Waals surface area contributed by atoms with E-state index in [2.05, 4.69) is 4.98 Å². The average molecular weight is 214 g/mol. The van der Waals surface area contributed by atoms with Crippen molar-refractivity contribution >= 4 is 17.6 Å². The van der Waals surface area contributed by atoms with Crippen molar-refractivity contribution in [1.82, 2.24) is 4.98 Å². The van der Waals surface area contributed by atoms with E-state index in [1.807, 2.05) is 0 Å². The van der Waals surface area contributed by atoms with Crippen molar-refractivity contribution in [1.29, 1.82) is 0 Å². The smallest absolute Gasteiger partial charge is 0.309 e. The first kappa shape index (κ1) is 11.0. The maximum absolute atomic E-state index is 10.8. The molecule has 0 atom stereocenters. The summed E-state index contributed by atoms with van der Waals surface area (Å²) in [5, 5.41) is 9.30. The minimum atomic E-state index is -0.834. The Labute approximate surface area is 87.7 Å². The van der Waals surface area contributed by atoms with Gasteiger partial charge in [0.25, 0.3) is 0 Å². The topological polar surface area (TPSA) is 50.2 Å². The summed E-state index contributed by atoms with van der Waals surface area (Å²) in [5.74, 6) is -0.834. The fourth-order valence-corrected chi connectivity index (χ4v) is 1.26. The zero-order chi connectivity index (χ0) is 10.8. The molecule has 14 heavy (non-hydrogen) atoms. The van der Waals surface area contributed by atoms with Crippen LogP contribution >= 0.6 is 11.6 Å². The summed E-state index contributed by atoms with van der Waals surface area (Å²) in [4.78, 5) is 14.9. The summed E-state index contributed by atoms with van der Waals surface area (Å²) >= 11 is 5.69. The third kappa shape index (κ3) is 2.70. The van der Waals surface area contributed by atoms with E-state index in [1.165, 1.54) is 0 Å². The van der Waals surface area contributed by atoms with Gasteiger partial charge in [-0.05, 0) is 26.0 Å². The zero-order valence-electron chi connectivity index (χ0n) is 8.12. The Morgan fingerprint density at radius 3 is 2.71 bits per heavy atom. The number of pyridine rings is 1. The zero-order valence-corrected chi connectivity index (χ0v) is 8.88. The molecule has 0 bridgehead atoms. The van der Waals surface area contributed by atoms with Gasteiger partial charge in [0.05, 0.1) is 5.41 Å². The Balaban J connectivity index is 2.83. The summed E-state index contributed by atoms with van der Waals surface area (Å²) in [6, 6.07) is 5.21. The van der Waals surface area contributed by atoms with Gasteiger partial charge in [-0.2, -0.15) is 0 Å². The highest BCUT2D eigenvalue weighted by Gasteiger charge is 2.27. The van der Waals surface area contributed by atoms with Crippen LogP contribution < -0.4 is 0 Å². The monoisotopic (exact) mass is 213 g/mol. The lowest BCUT2D eigenvalue weighted by Gasteiger charge is -2.18. The van der Waals surface area contributed by atoms with E-state index in [1.54, 1.807) is 32.0 Å². The van der Waals surface area contributed by atoms with E-state index < -0.39 is 11.4 Å². The van der Waals surface area contributed by atoms with Gasteiger partial charge in [-0.1, -0.05) is 17.7 Å². The number of hydrogen-bond acceptors (Lipinski definition) is 2. The number of carboxylic acids is 1. The van der Waals surface area contributed by atoms with Crippen LogP contribution in [0, 0.1) is 5.41 Å². The number of aromatic nitrogens is 1. The summed E-state index contributed by atoms with van der Waals surface area (Å²) in [5.41, 5.74) is -0.109. The molecule has 1 heterocycles. The molecular formula is C10H12ClNO2. The first-order valence-corrected chi connectivity index (χ1v) is 4.64. The Morgan fingerprint density at radius 2 is 2.21 bits per heavy atom. The predicted octanol–water partition coefficient (Wildman–Crippen LogP) is 2.39. The molecule has 0 aliphatic heterocycles. The Kier molecular flexibility index (Phi) is 3.11. The third-order valence-corrected chi connectivity index (χ3v) is 2.19. The maximum Gasteiger partial charge on any atom is 0.309 e. The van der Waals surface area contributed by atoms with Crippen LogP contribution in [0.3, 0.4) is 0 Å². The lowest BCUT2D eigenvalue weighted by molar-refractivity contribution is -0.146. The fraction of sp³-hybridized carbons (Fsp3) is 0.400. The molecule has 0 amide bonds. The van der Waals surface area contributed by atoms with Crippen molar-refractivity contribution in [2.45, 2.75) is 20.3 Å². The van der Waals surface area contributed by atoms with Crippen molar-refractivity contribution in [3.05, 3.63) is 29.0 Å². The number of nitrogens with zero attached hydrogens (tertiary/aromatic N) is 1. The minimum absolute atomic E-state index is 0.378. The number of rotatable bonds is 3. The van der Waals surface area contributed by atoms with Gasteiger partial charge in [0.2, 0.25) is 0 Å². The lowest BCUT2D eigenvalue weighted by atomic mass is 9.88. The Bertz CT molecular complexity index is 350. The Morgan fingerprint density at radius 1 is 1.57 bits per heavy atom. The lowest BCUT2D eigenvalue weighted by Crippen LogP contribution is -2.26. The van der Waals surface area contributed by atoms with E-state index in [4.69, 9.17) is 16.7 Å². The molecule has 0 aliphatic carbocycles. The minimum Gasteiger partial charge on any atom is -0.481 e. The molecule has 0 fully saturated rings. The van der Waals surface area contributed by atoms with E-state index in [0.29, 0.717) is 17.3 Å². The third-order valence-electron chi connectivity index (χ3n) is 1.97. The highest BCUT2D eigenvalue weighted by molar-refractivity contribution is 6.29. The van der Waals surface area contributed by atoms with Crippen molar-refractivity contribution < 1.29 is 9.90 Å². The van der Waals surface area contributed by atoms with Crippen LogP contribution in [-0.2, 0) is 11.2 Å². The molecule has 0 aliphatic rings. The van der Waals surface area contributed by atoms with Crippen molar-refractivity contribution in [3.63, 3.8) is 0 Å². The van der Waals surface area contributed by atoms with Gasteiger partial charge in [0.15, 0.2) is 0 Å². The predicted molar refractivity (Wildman–Crippen MR) is 54.4 cm³/mol. The second-order valence-electron chi connectivity index (χ2n) is 3.82. The molecule has 76 valence electrons. The van der Waals surface area contributed by atoms with Gasteiger partial charge in [-0.25, -0.2) is 4.98 Å². The van der Waals surface area contributed by atoms with Gasteiger partial charge in [0, 0.05) is 12.1 Å². The standard InChI is InChI=1S/C10H12ClNO2/c1-10(2,9(13)14)6-7-4-3-5-8(11)12-7/h3-5H,6H2,1-2H3,(H,13,14). The first-order valence-electron chi connectivity index (χ1n) is 4.27. The molecular weight excluding hydrogens is 202 g/mol. The number of halogens is 1. The number of carboxylic acid groups (broad SMARTS) is 1. The molecule has 1 rings (SSSR count). The van der Waals surface area contributed by atoms with Crippen LogP contribution in [0.15, 0.2) is 18.2 Å². The van der Waals surface area contributed by atoms with Crippen LogP contribution in [0.4, 0.5) is 0 Å². The number of carbonyl (C=O) groups is 1. The van der Waals surface area contributed by atoms with Gasteiger partial charge >= 0.3 is 5.97 Å². The van der Waals surface area contributed by atoms with Crippen LogP contribution in [0.1, 0.15) is 19.5 Å². The normalized spacial score (nSPS) is 11.4. The molecule has 1 aromatic rings. The first-order chi connectivity index (χ1) is 6.42. The largest absolute Gasteiger partial charge is 0.481 e. The Hall–Kier alpha value is -1.09. The van der Waals surface area contributed by atoms with Crippen molar-refractivity contribution in [3.8, 4) is 0 Å². The molecule has 4 heteroatoms. The van der Waals surface area contributed by atoms with E-state index in [0.717, 1.165) is 0 Å². The summed E-state index contributed by atoms with van der Waals surface area (Å²) < 4.78 is 0. The second-order valence-corrected chi connectivity index (χ2v) is 4.20. The van der Waals surface area contributed by atoms with Crippen molar-refractivity contribution in [2.24, 2.45) is 5.41 Å². The summed E-state index contributed by atoms with van der Waals surface area (Å²) in [6.07, 6.45) is 0.378. The van der Waals surface area contributed by atoms with Gasteiger partial charge < -0.3 is 5.11 Å². The average Bonchev–Trinajstić information content (AvgIpc) is 2.02. The molecule has 3 nitrogen and oxygen atoms in total. The highest BCUT2D eigenvalue weighted by Crippen LogP contribution is 2.21. The molecule has 0 saturated carbocycles. The molecule has 0 spiro atoms. The molecule has 1 N–H and O–H groups in total. The van der Waals surface area contributed by atoms with Crippen LogP contribution in [0.5, 0.6) is 0 Å². The van der Waals surface area contributed by atoms with E-state index >= 15 is 0 Å². The molecule has 1 aromatic heterocycles. The van der Waals surface area contributed by atoms with Gasteiger partial charge in [-0.3, -0.25) is 4.79 Å². The summed E-state index contributed by atoms with van der Waals surface area (Å²) in [7, 11) is 0. The molecule has 0 unspecified atom stereocenters. The highest BCUT2D eigenvalue weighted by atomic mass is 35.5. The van der Waals surface area contributed by atoms with E-state index in [-0.39, 0.29) is 0 Å². The molecule has 0 radical (unpaired) electrons. The SMILES string of the molecule is CC(C)(Cc1cccc(Cl)n1)C(=O)O. The number of hydrogen-bond donors (Lipinski definition) is 1. The van der Waals surface area contributed by atoms with Crippen LogP contribution in [0.25, 0.3) is 0 Å². The van der Waals surface area contributed by atoms with Gasteiger partial charge in [0.1, 0.15) is 5.15 Å². The molecule has 0 aromatic carbocycles. The second kappa shape index (κ2) is 3.96. The van der Waals surface area contributed by atoms with Gasteiger partial charge in [-0.15, -0.1) is 0 Å². The van der Waals surface area contributed by atoms with Crippen LogP contribution in [0.2, 0.25) is 5.15 Å². The summed E-state index contributed by atoms with van der Waals surface area (Å²) in [6.45, 7) is 3.33. The quantitative estimate of drug-likeness (QED) is 0.785. The number of aliphatic carboxylic acids is 1. The maximum atomic E-state index is 10.8. The van der Waals surface area contributed by atoms with Crippen molar-refractivity contribution in [2.75, 3.05) is 0 Å². The molecule has 0 saturated heterocycles. The van der Waals surface area contributed by atoms with Crippen LogP contribution in [-0.4, -0.2) is 16.1 Å². The fourth-order valence-electron chi connectivity index (χ4n) is 1.08. The van der Waals surface area contributed by atoms with E-state index in [9.17, 15) is 4.79 Å².